The highest BCUT2D eigenvalue weighted by Crippen LogP contribution is 2.27. The molecule has 4 heteroatoms. The Morgan fingerprint density at radius 2 is 2.14 bits per heavy atom. The molecule has 0 amide bonds. The summed E-state index contributed by atoms with van der Waals surface area (Å²) in [6.07, 6.45) is 0.302. The second-order valence-electron chi connectivity index (χ2n) is 4.09. The van der Waals surface area contributed by atoms with Crippen LogP contribution >= 0.6 is 0 Å². The van der Waals surface area contributed by atoms with E-state index < -0.39 is 12.5 Å². The maximum Gasteiger partial charge on any atom is 0.265 e. The Morgan fingerprint density at radius 3 is 2.64 bits per heavy atom. The van der Waals surface area contributed by atoms with Gasteiger partial charge in [-0.05, 0) is 25.2 Å². The van der Waals surface area contributed by atoms with E-state index in [0.717, 1.165) is 25.2 Å². The third-order valence-electron chi connectivity index (χ3n) is 3.03. The molecule has 1 aliphatic carbocycles. The average Bonchev–Trinajstić information content (AvgIpc) is 2.61. The SMILES string of the molecule is CCC1CCC(NCC(O)C(F)F)C1. The summed E-state index contributed by atoms with van der Waals surface area (Å²) >= 11 is 0. The summed E-state index contributed by atoms with van der Waals surface area (Å²) in [6, 6.07) is 0.327. The smallest absolute Gasteiger partial charge is 0.265 e. The van der Waals surface area contributed by atoms with Crippen LogP contribution in [0.25, 0.3) is 0 Å². The molecule has 2 N–H and O–H groups in total. The van der Waals surface area contributed by atoms with Crippen LogP contribution in [0.15, 0.2) is 0 Å². The van der Waals surface area contributed by atoms with Crippen molar-refractivity contribution in [1.29, 1.82) is 0 Å². The lowest BCUT2D eigenvalue weighted by Crippen LogP contribution is -2.37. The predicted molar refractivity (Wildman–Crippen MR) is 51.4 cm³/mol. The highest BCUT2D eigenvalue weighted by atomic mass is 19.3. The minimum atomic E-state index is -2.63. The van der Waals surface area contributed by atoms with Gasteiger partial charge in [-0.3, -0.25) is 0 Å². The minimum absolute atomic E-state index is 0.0127. The molecule has 0 aromatic rings. The molecule has 0 aromatic carbocycles. The molecule has 0 bridgehead atoms. The number of nitrogens with one attached hydrogen (secondary N) is 1. The highest BCUT2D eigenvalue weighted by molar-refractivity contribution is 4.80. The fourth-order valence-corrected chi connectivity index (χ4v) is 2.01. The molecule has 1 aliphatic rings. The van der Waals surface area contributed by atoms with Gasteiger partial charge in [-0.15, -0.1) is 0 Å². The van der Waals surface area contributed by atoms with Crippen molar-refractivity contribution in [2.45, 2.75) is 51.2 Å². The molecule has 1 saturated carbocycles. The average molecular weight is 207 g/mol. The van der Waals surface area contributed by atoms with Gasteiger partial charge in [0.2, 0.25) is 0 Å². The van der Waals surface area contributed by atoms with Crippen molar-refractivity contribution < 1.29 is 13.9 Å². The van der Waals surface area contributed by atoms with Crippen molar-refractivity contribution in [2.24, 2.45) is 5.92 Å². The second kappa shape index (κ2) is 5.61. The lowest BCUT2D eigenvalue weighted by molar-refractivity contribution is -0.00456. The van der Waals surface area contributed by atoms with Crippen LogP contribution < -0.4 is 5.32 Å². The number of aliphatic hydroxyl groups is 1. The normalized spacial score (nSPS) is 29.8. The van der Waals surface area contributed by atoms with E-state index >= 15 is 0 Å². The van der Waals surface area contributed by atoms with Crippen LogP contribution in [0.2, 0.25) is 0 Å². The Bertz CT molecular complexity index is 166. The van der Waals surface area contributed by atoms with Gasteiger partial charge in [-0.1, -0.05) is 13.3 Å². The maximum atomic E-state index is 12.0. The number of hydrogen-bond acceptors (Lipinski definition) is 2. The number of hydrogen-bond donors (Lipinski definition) is 2. The zero-order chi connectivity index (χ0) is 10.6. The fourth-order valence-electron chi connectivity index (χ4n) is 2.01. The topological polar surface area (TPSA) is 32.3 Å². The van der Waals surface area contributed by atoms with E-state index in [1.165, 1.54) is 6.42 Å². The van der Waals surface area contributed by atoms with Crippen LogP contribution in [0.4, 0.5) is 8.78 Å². The summed E-state index contributed by atoms with van der Waals surface area (Å²) in [5.41, 5.74) is 0. The highest BCUT2D eigenvalue weighted by Gasteiger charge is 2.24. The van der Waals surface area contributed by atoms with Crippen molar-refractivity contribution >= 4 is 0 Å². The zero-order valence-corrected chi connectivity index (χ0v) is 8.55. The van der Waals surface area contributed by atoms with E-state index in [-0.39, 0.29) is 6.54 Å². The first-order valence-electron chi connectivity index (χ1n) is 5.33. The van der Waals surface area contributed by atoms with E-state index in [0.29, 0.717) is 6.04 Å². The Morgan fingerprint density at radius 1 is 1.43 bits per heavy atom. The van der Waals surface area contributed by atoms with Crippen LogP contribution in [0, 0.1) is 5.92 Å². The summed E-state index contributed by atoms with van der Waals surface area (Å²) in [5, 5.41) is 11.9. The first-order chi connectivity index (χ1) is 6.63. The van der Waals surface area contributed by atoms with Gasteiger partial charge in [0.05, 0.1) is 0 Å². The minimum Gasteiger partial charge on any atom is -0.386 e. The molecule has 0 aliphatic heterocycles. The third-order valence-corrected chi connectivity index (χ3v) is 3.03. The van der Waals surface area contributed by atoms with E-state index in [1.807, 2.05) is 0 Å². The molecule has 0 saturated heterocycles. The van der Waals surface area contributed by atoms with Gasteiger partial charge in [0.1, 0.15) is 6.10 Å². The van der Waals surface area contributed by atoms with Crippen LogP contribution in [-0.4, -0.2) is 30.2 Å². The van der Waals surface area contributed by atoms with Gasteiger partial charge in [-0.2, -0.15) is 0 Å². The van der Waals surface area contributed by atoms with Crippen LogP contribution in [-0.2, 0) is 0 Å². The Hall–Kier alpha value is -0.220. The Balaban J connectivity index is 2.14. The van der Waals surface area contributed by atoms with Crippen molar-refractivity contribution in [2.75, 3.05) is 6.54 Å². The van der Waals surface area contributed by atoms with Crippen molar-refractivity contribution in [3.05, 3.63) is 0 Å². The molecule has 0 heterocycles. The van der Waals surface area contributed by atoms with E-state index in [4.69, 9.17) is 5.11 Å². The Labute approximate surface area is 83.7 Å². The van der Waals surface area contributed by atoms with Crippen molar-refractivity contribution in [3.8, 4) is 0 Å². The van der Waals surface area contributed by atoms with Crippen molar-refractivity contribution in [3.63, 3.8) is 0 Å². The summed E-state index contributed by atoms with van der Waals surface area (Å²) in [6.45, 7) is 2.17. The maximum absolute atomic E-state index is 12.0. The standard InChI is InChI=1S/C10H19F2NO/c1-2-7-3-4-8(5-7)13-6-9(14)10(11)12/h7-10,13-14H,2-6H2,1H3. The predicted octanol–water partition coefficient (Wildman–Crippen LogP) is 1.78. The van der Waals surface area contributed by atoms with Crippen LogP contribution in [0.5, 0.6) is 0 Å². The van der Waals surface area contributed by atoms with Crippen molar-refractivity contribution in [1.82, 2.24) is 5.32 Å². The van der Waals surface area contributed by atoms with E-state index in [9.17, 15) is 8.78 Å². The third kappa shape index (κ3) is 3.50. The number of rotatable bonds is 5. The molecule has 2 nitrogen and oxygen atoms in total. The first kappa shape index (κ1) is 11.9. The summed E-state index contributed by atoms with van der Waals surface area (Å²) in [5.74, 6) is 0.733. The van der Waals surface area contributed by atoms with Gasteiger partial charge in [0, 0.05) is 12.6 Å². The van der Waals surface area contributed by atoms with Gasteiger partial charge in [-0.25, -0.2) is 8.78 Å². The number of halogens is 2. The molecule has 1 fully saturated rings. The quantitative estimate of drug-likeness (QED) is 0.720. The van der Waals surface area contributed by atoms with Gasteiger partial charge in [0.25, 0.3) is 6.43 Å². The van der Waals surface area contributed by atoms with Gasteiger partial charge >= 0.3 is 0 Å². The van der Waals surface area contributed by atoms with Gasteiger partial charge in [0.15, 0.2) is 0 Å². The lowest BCUT2D eigenvalue weighted by Gasteiger charge is -2.15. The van der Waals surface area contributed by atoms with Crippen LogP contribution in [0.3, 0.4) is 0 Å². The molecule has 14 heavy (non-hydrogen) atoms. The fraction of sp³-hybridized carbons (Fsp3) is 1.00. The molecule has 0 aromatic heterocycles. The first-order valence-corrected chi connectivity index (χ1v) is 5.33. The lowest BCUT2D eigenvalue weighted by atomic mass is 10.1. The molecule has 3 atom stereocenters. The molecule has 3 unspecified atom stereocenters. The van der Waals surface area contributed by atoms with E-state index in [2.05, 4.69) is 12.2 Å². The molecule has 84 valence electrons. The Kier molecular flexibility index (Phi) is 4.75. The summed E-state index contributed by atoms with van der Waals surface area (Å²) in [7, 11) is 0. The molecule has 1 rings (SSSR count). The second-order valence-corrected chi connectivity index (χ2v) is 4.09. The zero-order valence-electron chi connectivity index (χ0n) is 8.55. The molecular formula is C10H19F2NO. The number of aliphatic hydroxyl groups excluding tert-OH is 1. The largest absolute Gasteiger partial charge is 0.386 e. The number of alkyl halides is 2. The van der Waals surface area contributed by atoms with Gasteiger partial charge < -0.3 is 10.4 Å². The van der Waals surface area contributed by atoms with Crippen LogP contribution in [0.1, 0.15) is 32.6 Å². The molecule has 0 radical (unpaired) electrons. The monoisotopic (exact) mass is 207 g/mol. The summed E-state index contributed by atoms with van der Waals surface area (Å²) < 4.78 is 23.9. The summed E-state index contributed by atoms with van der Waals surface area (Å²) in [4.78, 5) is 0. The molecule has 0 spiro atoms. The van der Waals surface area contributed by atoms with E-state index in [1.54, 1.807) is 0 Å². The molecular weight excluding hydrogens is 188 g/mol.